The van der Waals surface area contributed by atoms with Gasteiger partial charge < -0.3 is 15.4 Å². The van der Waals surface area contributed by atoms with E-state index in [1.54, 1.807) is 0 Å². The fourth-order valence-electron chi connectivity index (χ4n) is 3.05. The smallest absolute Gasteiger partial charge is 0.191 e. The molecule has 0 radical (unpaired) electrons. The molecule has 0 saturated carbocycles. The van der Waals surface area contributed by atoms with Gasteiger partial charge in [0.05, 0.1) is 12.2 Å². The molecule has 0 amide bonds. The van der Waals surface area contributed by atoms with Crippen molar-refractivity contribution in [3.8, 4) is 5.75 Å². The van der Waals surface area contributed by atoms with Gasteiger partial charge in [0.2, 0.25) is 0 Å². The van der Waals surface area contributed by atoms with Crippen LogP contribution in [0.1, 0.15) is 36.4 Å². The van der Waals surface area contributed by atoms with E-state index in [1.165, 1.54) is 16.8 Å². The topological polar surface area (TPSA) is 63.5 Å². The quantitative estimate of drug-likeness (QED) is 0.253. The van der Waals surface area contributed by atoms with Gasteiger partial charge in [-0.3, -0.25) is 4.68 Å². The summed E-state index contributed by atoms with van der Waals surface area (Å²) in [4.78, 5) is 4.63. The lowest BCUT2D eigenvalue weighted by Gasteiger charge is -2.18. The molecular formula is C21H34IN5O. The Hall–Kier alpha value is -1.77. The Morgan fingerprint density at radius 3 is 2.64 bits per heavy atom. The van der Waals surface area contributed by atoms with Crippen LogP contribution in [0.5, 0.6) is 5.75 Å². The largest absolute Gasteiger partial charge is 0.492 e. The van der Waals surface area contributed by atoms with E-state index >= 15 is 0 Å². The number of hydrogen-bond acceptors (Lipinski definition) is 3. The summed E-state index contributed by atoms with van der Waals surface area (Å²) in [6.07, 6.45) is 0.912. The van der Waals surface area contributed by atoms with Gasteiger partial charge in [0.15, 0.2) is 5.96 Å². The molecule has 1 atom stereocenters. The average Bonchev–Trinajstić information content (AvgIpc) is 2.85. The van der Waals surface area contributed by atoms with Crippen molar-refractivity contribution in [1.82, 2.24) is 20.4 Å². The van der Waals surface area contributed by atoms with Gasteiger partial charge in [-0.2, -0.15) is 5.10 Å². The molecule has 0 saturated heterocycles. The van der Waals surface area contributed by atoms with E-state index in [2.05, 4.69) is 61.4 Å². The highest BCUT2D eigenvalue weighted by atomic mass is 127. The third-order valence-electron chi connectivity index (χ3n) is 4.52. The molecule has 2 aromatic rings. The van der Waals surface area contributed by atoms with Gasteiger partial charge in [0.25, 0.3) is 0 Å². The van der Waals surface area contributed by atoms with Crippen LogP contribution in [0.25, 0.3) is 0 Å². The number of benzene rings is 1. The van der Waals surface area contributed by atoms with Crippen LogP contribution in [-0.2, 0) is 13.5 Å². The minimum Gasteiger partial charge on any atom is -0.492 e. The number of aromatic nitrogens is 2. The summed E-state index contributed by atoms with van der Waals surface area (Å²) in [6.45, 7) is 12.5. The molecule has 28 heavy (non-hydrogen) atoms. The Kier molecular flexibility index (Phi) is 10.3. The van der Waals surface area contributed by atoms with Crippen LogP contribution in [-0.4, -0.2) is 41.5 Å². The molecule has 1 unspecified atom stereocenters. The van der Waals surface area contributed by atoms with Crippen LogP contribution in [0.15, 0.2) is 29.3 Å². The molecule has 2 N–H and O–H groups in total. The minimum atomic E-state index is 0. The summed E-state index contributed by atoms with van der Waals surface area (Å²) < 4.78 is 7.72. The number of ether oxygens (including phenoxy) is 1. The van der Waals surface area contributed by atoms with Crippen LogP contribution in [0.4, 0.5) is 0 Å². The highest BCUT2D eigenvalue weighted by Crippen LogP contribution is 2.14. The molecule has 1 aromatic carbocycles. The second kappa shape index (κ2) is 11.9. The summed E-state index contributed by atoms with van der Waals surface area (Å²) in [5.41, 5.74) is 4.81. The Morgan fingerprint density at radius 1 is 1.29 bits per heavy atom. The van der Waals surface area contributed by atoms with Gasteiger partial charge in [-0.05, 0) is 64.3 Å². The zero-order valence-electron chi connectivity index (χ0n) is 17.9. The molecule has 0 aliphatic heterocycles. The molecular weight excluding hydrogens is 465 g/mol. The third kappa shape index (κ3) is 7.33. The van der Waals surface area contributed by atoms with Crippen LogP contribution >= 0.6 is 24.0 Å². The molecule has 6 nitrogen and oxygen atoms in total. The van der Waals surface area contributed by atoms with E-state index < -0.39 is 0 Å². The molecule has 0 bridgehead atoms. The van der Waals surface area contributed by atoms with Crippen molar-refractivity contribution in [3.63, 3.8) is 0 Å². The molecule has 2 rings (SSSR count). The molecule has 1 heterocycles. The van der Waals surface area contributed by atoms with Crippen LogP contribution in [0.2, 0.25) is 0 Å². The fourth-order valence-corrected chi connectivity index (χ4v) is 3.05. The van der Waals surface area contributed by atoms with Gasteiger partial charge in [0, 0.05) is 25.3 Å². The molecule has 156 valence electrons. The molecule has 0 aliphatic rings. The lowest BCUT2D eigenvalue weighted by atomic mass is 10.1. The first-order chi connectivity index (χ1) is 12.9. The van der Waals surface area contributed by atoms with Crippen molar-refractivity contribution < 1.29 is 4.74 Å². The summed E-state index contributed by atoms with van der Waals surface area (Å²) in [5, 5.41) is 11.3. The Morgan fingerprint density at radius 2 is 2.04 bits per heavy atom. The Balaban J connectivity index is 0.00000392. The number of halogens is 1. The maximum Gasteiger partial charge on any atom is 0.191 e. The van der Waals surface area contributed by atoms with E-state index in [0.717, 1.165) is 30.4 Å². The predicted octanol–water partition coefficient (Wildman–Crippen LogP) is 3.53. The number of nitrogens with zero attached hydrogens (tertiary/aromatic N) is 3. The second-order valence-electron chi connectivity index (χ2n) is 6.95. The van der Waals surface area contributed by atoms with Crippen LogP contribution in [0, 0.1) is 20.8 Å². The van der Waals surface area contributed by atoms with Gasteiger partial charge in [-0.15, -0.1) is 24.0 Å². The summed E-state index contributed by atoms with van der Waals surface area (Å²) >= 11 is 0. The van der Waals surface area contributed by atoms with Crippen molar-refractivity contribution in [2.45, 2.75) is 47.1 Å². The maximum atomic E-state index is 5.78. The standard InChI is InChI=1S/C21H33N5O.HI/c1-7-22-21(23-11-12-27-19-10-8-9-15(2)13-19)24-16(3)14-20-17(4)25-26(6)18(20)5;/h8-10,13,16H,7,11-12,14H2,1-6H3,(H2,22,23,24);1H. The highest BCUT2D eigenvalue weighted by molar-refractivity contribution is 14.0. The zero-order chi connectivity index (χ0) is 19.8. The average molecular weight is 499 g/mol. The second-order valence-corrected chi connectivity index (χ2v) is 6.95. The van der Waals surface area contributed by atoms with E-state index in [4.69, 9.17) is 4.74 Å². The minimum absolute atomic E-state index is 0. The lowest BCUT2D eigenvalue weighted by Crippen LogP contribution is -2.43. The van der Waals surface area contributed by atoms with Gasteiger partial charge in [0.1, 0.15) is 12.4 Å². The Labute approximate surface area is 186 Å². The first kappa shape index (κ1) is 24.3. The van der Waals surface area contributed by atoms with Crippen molar-refractivity contribution in [2.24, 2.45) is 12.0 Å². The lowest BCUT2D eigenvalue weighted by molar-refractivity contribution is 0.328. The van der Waals surface area contributed by atoms with Gasteiger partial charge in [-0.1, -0.05) is 12.1 Å². The van der Waals surface area contributed by atoms with Crippen molar-refractivity contribution in [1.29, 1.82) is 0 Å². The summed E-state index contributed by atoms with van der Waals surface area (Å²) in [5.74, 6) is 1.70. The zero-order valence-corrected chi connectivity index (χ0v) is 20.2. The molecule has 0 aliphatic carbocycles. The first-order valence-corrected chi connectivity index (χ1v) is 9.64. The van der Waals surface area contributed by atoms with Crippen LogP contribution in [0.3, 0.4) is 0 Å². The SMILES string of the molecule is CCNC(=NCCOc1cccc(C)c1)NC(C)Cc1c(C)nn(C)c1C.I. The highest BCUT2D eigenvalue weighted by Gasteiger charge is 2.13. The third-order valence-corrected chi connectivity index (χ3v) is 4.52. The number of hydrogen-bond donors (Lipinski definition) is 2. The fraction of sp³-hybridized carbons (Fsp3) is 0.524. The first-order valence-electron chi connectivity index (χ1n) is 9.64. The van der Waals surface area contributed by atoms with Gasteiger partial charge in [-0.25, -0.2) is 4.99 Å². The summed E-state index contributed by atoms with van der Waals surface area (Å²) in [6, 6.07) is 8.32. The predicted molar refractivity (Wildman–Crippen MR) is 127 cm³/mol. The van der Waals surface area contributed by atoms with Crippen molar-refractivity contribution in [3.05, 3.63) is 46.8 Å². The normalized spacial score (nSPS) is 12.3. The van der Waals surface area contributed by atoms with Crippen molar-refractivity contribution >= 4 is 29.9 Å². The molecule has 1 aromatic heterocycles. The molecule has 7 heteroatoms. The van der Waals surface area contributed by atoms with E-state index in [0.29, 0.717) is 13.2 Å². The summed E-state index contributed by atoms with van der Waals surface area (Å²) in [7, 11) is 1.99. The number of guanidine groups is 1. The Bertz CT molecular complexity index is 772. The van der Waals surface area contributed by atoms with E-state index in [9.17, 15) is 0 Å². The van der Waals surface area contributed by atoms with Crippen LogP contribution < -0.4 is 15.4 Å². The maximum absolute atomic E-state index is 5.78. The van der Waals surface area contributed by atoms with E-state index in [-0.39, 0.29) is 30.0 Å². The molecule has 0 spiro atoms. The number of nitrogens with one attached hydrogen (secondary N) is 2. The number of rotatable bonds is 8. The monoisotopic (exact) mass is 499 g/mol. The number of aryl methyl sites for hydroxylation is 3. The van der Waals surface area contributed by atoms with Gasteiger partial charge >= 0.3 is 0 Å². The van der Waals surface area contributed by atoms with Crippen molar-refractivity contribution in [2.75, 3.05) is 19.7 Å². The van der Waals surface area contributed by atoms with E-state index in [1.807, 2.05) is 29.9 Å². The molecule has 0 fully saturated rings. The number of aliphatic imine (C=N–C) groups is 1.